The quantitative estimate of drug-likeness (QED) is 0.767. The molecular formula is C11H18ClN. The Hall–Kier alpha value is -0.530. The van der Waals surface area contributed by atoms with E-state index in [1.807, 2.05) is 45.2 Å². The molecule has 0 aromatic heterocycles. The monoisotopic (exact) mass is 199 g/mol. The lowest BCUT2D eigenvalue weighted by Crippen LogP contribution is -2.11. The highest BCUT2D eigenvalue weighted by Gasteiger charge is 1.99. The average Bonchev–Trinajstić information content (AvgIpc) is 2.21. The first-order chi connectivity index (χ1) is 6.24. The molecule has 13 heavy (non-hydrogen) atoms. The Kier molecular flexibility index (Phi) is 6.65. The van der Waals surface area contributed by atoms with Crippen molar-refractivity contribution >= 4 is 11.6 Å². The maximum atomic E-state index is 5.74. The van der Waals surface area contributed by atoms with Crippen molar-refractivity contribution < 1.29 is 0 Å². The summed E-state index contributed by atoms with van der Waals surface area (Å²) in [6.07, 6.45) is 0. The lowest BCUT2D eigenvalue weighted by atomic mass is 10.1. The predicted octanol–water partition coefficient (Wildman–Crippen LogP) is 3.65. The van der Waals surface area contributed by atoms with Gasteiger partial charge in [0.05, 0.1) is 0 Å². The lowest BCUT2D eigenvalue weighted by Gasteiger charge is -2.09. The van der Waals surface area contributed by atoms with Gasteiger partial charge >= 0.3 is 0 Å². The van der Waals surface area contributed by atoms with Crippen LogP contribution in [0.25, 0.3) is 0 Å². The molecule has 0 spiro atoms. The van der Waals surface area contributed by atoms with Crippen molar-refractivity contribution in [1.82, 2.24) is 5.32 Å². The van der Waals surface area contributed by atoms with Gasteiger partial charge in [-0.3, -0.25) is 0 Å². The first kappa shape index (κ1) is 12.5. The summed E-state index contributed by atoms with van der Waals surface area (Å²) >= 11 is 5.74. The van der Waals surface area contributed by atoms with E-state index in [1.54, 1.807) is 0 Å². The van der Waals surface area contributed by atoms with E-state index in [-0.39, 0.29) is 0 Å². The molecule has 0 radical (unpaired) electrons. The van der Waals surface area contributed by atoms with Crippen molar-refractivity contribution in [3.63, 3.8) is 0 Å². The third-order valence-electron chi connectivity index (χ3n) is 1.80. The Labute approximate surface area is 86.1 Å². The van der Waals surface area contributed by atoms with E-state index < -0.39 is 0 Å². The minimum Gasteiger partial charge on any atom is -0.313 e. The Morgan fingerprint density at radius 3 is 2.00 bits per heavy atom. The van der Waals surface area contributed by atoms with E-state index in [0.29, 0.717) is 6.04 Å². The number of hydrogen-bond acceptors (Lipinski definition) is 1. The highest BCUT2D eigenvalue weighted by molar-refractivity contribution is 6.30. The molecule has 0 amide bonds. The Bertz CT molecular complexity index is 218. The molecule has 0 bridgehead atoms. The van der Waals surface area contributed by atoms with Gasteiger partial charge in [-0.05, 0) is 31.7 Å². The van der Waals surface area contributed by atoms with Crippen LogP contribution in [0.3, 0.4) is 0 Å². The number of rotatable bonds is 2. The van der Waals surface area contributed by atoms with Crippen LogP contribution >= 0.6 is 11.6 Å². The Morgan fingerprint density at radius 2 is 1.62 bits per heavy atom. The molecule has 1 unspecified atom stereocenters. The van der Waals surface area contributed by atoms with E-state index in [4.69, 9.17) is 11.6 Å². The number of hydrogen-bond donors (Lipinski definition) is 1. The molecule has 1 rings (SSSR count). The maximum absolute atomic E-state index is 5.74. The fourth-order valence-electron chi connectivity index (χ4n) is 0.918. The summed E-state index contributed by atoms with van der Waals surface area (Å²) in [6.45, 7) is 6.11. The van der Waals surface area contributed by atoms with Gasteiger partial charge < -0.3 is 5.32 Å². The van der Waals surface area contributed by atoms with Crippen LogP contribution in [0.4, 0.5) is 0 Å². The van der Waals surface area contributed by atoms with Gasteiger partial charge in [0, 0.05) is 11.1 Å². The normalized spacial score (nSPS) is 11.5. The van der Waals surface area contributed by atoms with Crippen LogP contribution in [-0.4, -0.2) is 7.05 Å². The molecule has 1 aromatic carbocycles. The predicted molar refractivity (Wildman–Crippen MR) is 60.3 cm³/mol. The van der Waals surface area contributed by atoms with Crippen LogP contribution in [-0.2, 0) is 0 Å². The van der Waals surface area contributed by atoms with Gasteiger partial charge in [0.25, 0.3) is 0 Å². The molecule has 1 atom stereocenters. The van der Waals surface area contributed by atoms with Crippen LogP contribution < -0.4 is 5.32 Å². The van der Waals surface area contributed by atoms with E-state index in [9.17, 15) is 0 Å². The smallest absolute Gasteiger partial charge is 0.0406 e. The molecule has 74 valence electrons. The van der Waals surface area contributed by atoms with Crippen LogP contribution in [0.5, 0.6) is 0 Å². The van der Waals surface area contributed by atoms with Gasteiger partial charge in [-0.1, -0.05) is 37.6 Å². The second-order valence-electron chi connectivity index (χ2n) is 2.56. The Morgan fingerprint density at radius 1 is 1.15 bits per heavy atom. The second-order valence-corrected chi connectivity index (χ2v) is 3.00. The zero-order valence-electron chi connectivity index (χ0n) is 8.76. The van der Waals surface area contributed by atoms with E-state index in [2.05, 4.69) is 12.2 Å². The molecular weight excluding hydrogens is 182 g/mol. The number of benzene rings is 1. The van der Waals surface area contributed by atoms with Crippen molar-refractivity contribution in [1.29, 1.82) is 0 Å². The molecule has 0 saturated heterocycles. The van der Waals surface area contributed by atoms with Gasteiger partial charge in [0.15, 0.2) is 0 Å². The van der Waals surface area contributed by atoms with Crippen molar-refractivity contribution in [3.05, 3.63) is 34.9 Å². The van der Waals surface area contributed by atoms with Crippen molar-refractivity contribution in [2.45, 2.75) is 26.8 Å². The molecule has 0 aliphatic carbocycles. The van der Waals surface area contributed by atoms with Crippen LogP contribution in [0.15, 0.2) is 24.3 Å². The maximum Gasteiger partial charge on any atom is 0.0406 e. The third kappa shape index (κ3) is 4.30. The molecule has 0 aliphatic rings. The standard InChI is InChI=1S/C9H12ClN.C2H6/c1-7(11-2)8-3-5-9(10)6-4-8;1-2/h3-7,11H,1-2H3;1-2H3. The average molecular weight is 200 g/mol. The zero-order valence-corrected chi connectivity index (χ0v) is 9.52. The molecule has 1 nitrogen and oxygen atoms in total. The molecule has 0 saturated carbocycles. The number of nitrogens with one attached hydrogen (secondary N) is 1. The van der Waals surface area contributed by atoms with Gasteiger partial charge in [0.2, 0.25) is 0 Å². The van der Waals surface area contributed by atoms with E-state index in [0.717, 1.165) is 5.02 Å². The Balaban J connectivity index is 0.000000671. The number of halogens is 1. The molecule has 1 N–H and O–H groups in total. The van der Waals surface area contributed by atoms with Crippen molar-refractivity contribution in [3.8, 4) is 0 Å². The fourth-order valence-corrected chi connectivity index (χ4v) is 1.04. The summed E-state index contributed by atoms with van der Waals surface area (Å²) in [5.41, 5.74) is 1.26. The van der Waals surface area contributed by atoms with Crippen molar-refractivity contribution in [2.24, 2.45) is 0 Å². The van der Waals surface area contributed by atoms with Gasteiger partial charge in [-0.2, -0.15) is 0 Å². The third-order valence-corrected chi connectivity index (χ3v) is 2.05. The molecule has 0 fully saturated rings. The van der Waals surface area contributed by atoms with E-state index in [1.165, 1.54) is 5.56 Å². The highest BCUT2D eigenvalue weighted by Crippen LogP contribution is 2.14. The van der Waals surface area contributed by atoms with Gasteiger partial charge in [0.1, 0.15) is 0 Å². The van der Waals surface area contributed by atoms with E-state index >= 15 is 0 Å². The zero-order chi connectivity index (χ0) is 10.3. The van der Waals surface area contributed by atoms with Crippen LogP contribution in [0, 0.1) is 0 Å². The van der Waals surface area contributed by atoms with Crippen molar-refractivity contribution in [2.75, 3.05) is 7.05 Å². The minimum atomic E-state index is 0.396. The van der Waals surface area contributed by atoms with Crippen LogP contribution in [0.1, 0.15) is 32.4 Å². The molecule has 2 heteroatoms. The summed E-state index contributed by atoms with van der Waals surface area (Å²) in [4.78, 5) is 0. The topological polar surface area (TPSA) is 12.0 Å². The summed E-state index contributed by atoms with van der Waals surface area (Å²) in [7, 11) is 1.94. The minimum absolute atomic E-state index is 0.396. The van der Waals surface area contributed by atoms with Crippen LogP contribution in [0.2, 0.25) is 5.02 Å². The summed E-state index contributed by atoms with van der Waals surface area (Å²) in [5.74, 6) is 0. The summed E-state index contributed by atoms with van der Waals surface area (Å²) in [6, 6.07) is 8.27. The highest BCUT2D eigenvalue weighted by atomic mass is 35.5. The fraction of sp³-hybridized carbons (Fsp3) is 0.455. The lowest BCUT2D eigenvalue weighted by molar-refractivity contribution is 0.652. The second kappa shape index (κ2) is 6.93. The van der Waals surface area contributed by atoms with Gasteiger partial charge in [-0.15, -0.1) is 0 Å². The SMILES string of the molecule is CC.CNC(C)c1ccc(Cl)cc1. The largest absolute Gasteiger partial charge is 0.313 e. The van der Waals surface area contributed by atoms with Gasteiger partial charge in [-0.25, -0.2) is 0 Å². The first-order valence-corrected chi connectivity index (χ1v) is 5.04. The molecule has 0 aliphatic heterocycles. The first-order valence-electron chi connectivity index (χ1n) is 4.67. The molecule has 1 aromatic rings. The summed E-state index contributed by atoms with van der Waals surface area (Å²) < 4.78 is 0. The summed E-state index contributed by atoms with van der Waals surface area (Å²) in [5, 5.41) is 3.95. The molecule has 0 heterocycles.